The van der Waals surface area contributed by atoms with Gasteiger partial charge < -0.3 is 11.5 Å². The monoisotopic (exact) mass is 226 g/mol. The van der Waals surface area contributed by atoms with Crippen LogP contribution in [0.4, 0.5) is 0 Å². The molecule has 0 fully saturated rings. The second kappa shape index (κ2) is 9.96. The molecule has 0 bridgehead atoms. The molecule has 0 aliphatic heterocycles. The summed E-state index contributed by atoms with van der Waals surface area (Å²) in [4.78, 5) is 20.6. The number of hydrogen-bond donors (Lipinski definition) is 2. The van der Waals surface area contributed by atoms with Crippen molar-refractivity contribution in [3.8, 4) is 0 Å². The first-order valence-corrected chi connectivity index (χ1v) is 5.32. The van der Waals surface area contributed by atoms with E-state index in [-0.39, 0.29) is 11.8 Å². The van der Waals surface area contributed by atoms with Gasteiger partial charge in [-0.25, -0.2) is 0 Å². The van der Waals surface area contributed by atoms with E-state index in [1.54, 1.807) is 19.9 Å². The Bertz CT molecular complexity index is 291. The SMILES string of the molecule is C/C=C(\C)C(N)=O.CC/C=C(\CC)C(N)=O. The minimum Gasteiger partial charge on any atom is -0.366 e. The number of hydrogen-bond acceptors (Lipinski definition) is 2. The molecule has 4 heteroatoms. The molecule has 0 atom stereocenters. The van der Waals surface area contributed by atoms with Gasteiger partial charge in [0.15, 0.2) is 0 Å². The van der Waals surface area contributed by atoms with Crippen LogP contribution in [0.25, 0.3) is 0 Å². The highest BCUT2D eigenvalue weighted by Crippen LogP contribution is 1.99. The van der Waals surface area contributed by atoms with Crippen LogP contribution in [0.1, 0.15) is 40.5 Å². The topological polar surface area (TPSA) is 86.2 Å². The van der Waals surface area contributed by atoms with Crippen LogP contribution >= 0.6 is 0 Å². The molecule has 0 heterocycles. The lowest BCUT2D eigenvalue weighted by molar-refractivity contribution is -0.115. The highest BCUT2D eigenvalue weighted by Gasteiger charge is 1.97. The number of rotatable bonds is 4. The Balaban J connectivity index is 0. The molecule has 0 rings (SSSR count). The molecule has 0 spiro atoms. The molecule has 4 nitrogen and oxygen atoms in total. The zero-order chi connectivity index (χ0) is 13.1. The summed E-state index contributed by atoms with van der Waals surface area (Å²) in [5.74, 6) is -0.637. The van der Waals surface area contributed by atoms with Gasteiger partial charge in [0.25, 0.3) is 0 Å². The minimum absolute atomic E-state index is 0.292. The first-order chi connectivity index (χ1) is 7.40. The molecule has 0 aliphatic rings. The molecule has 16 heavy (non-hydrogen) atoms. The number of nitrogens with two attached hydrogens (primary N) is 2. The largest absolute Gasteiger partial charge is 0.366 e. The van der Waals surface area contributed by atoms with Crippen molar-refractivity contribution in [2.24, 2.45) is 11.5 Å². The van der Waals surface area contributed by atoms with Crippen LogP contribution in [0, 0.1) is 0 Å². The molecule has 0 aromatic heterocycles. The van der Waals surface area contributed by atoms with Crippen molar-refractivity contribution in [3.05, 3.63) is 23.3 Å². The Morgan fingerprint density at radius 3 is 1.69 bits per heavy atom. The van der Waals surface area contributed by atoms with Gasteiger partial charge in [-0.3, -0.25) is 9.59 Å². The maximum Gasteiger partial charge on any atom is 0.244 e. The van der Waals surface area contributed by atoms with Gasteiger partial charge >= 0.3 is 0 Å². The van der Waals surface area contributed by atoms with Crippen molar-refractivity contribution in [2.45, 2.75) is 40.5 Å². The van der Waals surface area contributed by atoms with Crippen LogP contribution in [0.15, 0.2) is 23.3 Å². The van der Waals surface area contributed by atoms with E-state index in [1.165, 1.54) is 0 Å². The number of allylic oxidation sites excluding steroid dienone is 2. The smallest absolute Gasteiger partial charge is 0.244 e. The molecule has 2 amide bonds. The van der Waals surface area contributed by atoms with Crippen LogP contribution in [0.3, 0.4) is 0 Å². The predicted molar refractivity (Wildman–Crippen MR) is 66.5 cm³/mol. The molecule has 0 radical (unpaired) electrons. The Kier molecular flexibility index (Phi) is 10.5. The van der Waals surface area contributed by atoms with E-state index in [0.29, 0.717) is 5.57 Å². The first-order valence-electron chi connectivity index (χ1n) is 5.32. The Morgan fingerprint density at radius 2 is 1.62 bits per heavy atom. The lowest BCUT2D eigenvalue weighted by Gasteiger charge is -1.94. The van der Waals surface area contributed by atoms with Crippen molar-refractivity contribution in [1.29, 1.82) is 0 Å². The number of carbonyl (C=O) groups is 2. The van der Waals surface area contributed by atoms with E-state index in [0.717, 1.165) is 18.4 Å². The van der Waals surface area contributed by atoms with Crippen LogP contribution in [-0.4, -0.2) is 11.8 Å². The van der Waals surface area contributed by atoms with Crippen LogP contribution < -0.4 is 11.5 Å². The van der Waals surface area contributed by atoms with Gasteiger partial charge in [0.2, 0.25) is 11.8 Å². The maximum absolute atomic E-state index is 10.5. The molecule has 0 unspecified atom stereocenters. The summed E-state index contributed by atoms with van der Waals surface area (Å²) in [6, 6.07) is 0. The fourth-order valence-corrected chi connectivity index (χ4v) is 0.808. The van der Waals surface area contributed by atoms with Crippen LogP contribution in [-0.2, 0) is 9.59 Å². The van der Waals surface area contributed by atoms with Crippen molar-refractivity contribution in [2.75, 3.05) is 0 Å². The normalized spacial score (nSPS) is 11.5. The van der Waals surface area contributed by atoms with E-state index in [9.17, 15) is 9.59 Å². The zero-order valence-electron chi connectivity index (χ0n) is 10.5. The quantitative estimate of drug-likeness (QED) is 0.714. The fraction of sp³-hybridized carbons (Fsp3) is 0.500. The maximum atomic E-state index is 10.5. The summed E-state index contributed by atoms with van der Waals surface area (Å²) in [5.41, 5.74) is 11.2. The summed E-state index contributed by atoms with van der Waals surface area (Å²) in [7, 11) is 0. The third kappa shape index (κ3) is 8.99. The van der Waals surface area contributed by atoms with Crippen molar-refractivity contribution in [1.82, 2.24) is 0 Å². The first kappa shape index (κ1) is 16.8. The second-order valence-electron chi connectivity index (χ2n) is 3.19. The number of carbonyl (C=O) groups excluding carboxylic acids is 2. The van der Waals surface area contributed by atoms with Gasteiger partial charge in [-0.15, -0.1) is 0 Å². The average Bonchev–Trinajstić information content (AvgIpc) is 2.24. The van der Waals surface area contributed by atoms with Gasteiger partial charge in [-0.1, -0.05) is 26.0 Å². The molecular formula is C12H22N2O2. The molecule has 4 N–H and O–H groups in total. The fourth-order valence-electron chi connectivity index (χ4n) is 0.808. The Labute approximate surface area is 97.4 Å². The lowest BCUT2D eigenvalue weighted by atomic mass is 10.1. The Morgan fingerprint density at radius 1 is 1.12 bits per heavy atom. The predicted octanol–water partition coefficient (Wildman–Crippen LogP) is 1.66. The minimum atomic E-state index is -0.345. The lowest BCUT2D eigenvalue weighted by Crippen LogP contribution is -2.13. The summed E-state index contributed by atoms with van der Waals surface area (Å²) in [5, 5.41) is 0. The van der Waals surface area contributed by atoms with E-state index < -0.39 is 0 Å². The van der Waals surface area contributed by atoms with E-state index in [1.807, 2.05) is 19.9 Å². The summed E-state index contributed by atoms with van der Waals surface area (Å²) < 4.78 is 0. The van der Waals surface area contributed by atoms with Gasteiger partial charge in [-0.2, -0.15) is 0 Å². The molecule has 0 saturated carbocycles. The summed E-state index contributed by atoms with van der Waals surface area (Å²) >= 11 is 0. The van der Waals surface area contributed by atoms with Gasteiger partial charge in [0.1, 0.15) is 0 Å². The van der Waals surface area contributed by atoms with E-state index >= 15 is 0 Å². The van der Waals surface area contributed by atoms with E-state index in [2.05, 4.69) is 0 Å². The van der Waals surface area contributed by atoms with Crippen LogP contribution in [0.2, 0.25) is 0 Å². The van der Waals surface area contributed by atoms with E-state index in [4.69, 9.17) is 11.5 Å². The Hall–Kier alpha value is -1.58. The van der Waals surface area contributed by atoms with Crippen molar-refractivity contribution in [3.63, 3.8) is 0 Å². The molecule has 0 aromatic rings. The second-order valence-corrected chi connectivity index (χ2v) is 3.19. The highest BCUT2D eigenvalue weighted by molar-refractivity contribution is 5.91. The average molecular weight is 226 g/mol. The highest BCUT2D eigenvalue weighted by atomic mass is 16.1. The van der Waals surface area contributed by atoms with Crippen molar-refractivity contribution >= 4 is 11.8 Å². The summed E-state index contributed by atoms with van der Waals surface area (Å²) in [6.07, 6.45) is 5.17. The molecule has 0 saturated heterocycles. The molecular weight excluding hydrogens is 204 g/mol. The van der Waals surface area contributed by atoms with Crippen molar-refractivity contribution < 1.29 is 9.59 Å². The standard InChI is InChI=1S/C7H13NO.C5H9NO/c1-3-5-6(4-2)7(8)9;1-3-4(2)5(6)7/h5H,3-4H2,1-2H3,(H2,8,9);3H,1-2H3,(H2,6,7)/b6-5+;4-3+. The number of primary amides is 2. The third-order valence-corrected chi connectivity index (χ3v) is 1.97. The molecule has 0 aromatic carbocycles. The molecule has 0 aliphatic carbocycles. The molecule has 92 valence electrons. The van der Waals surface area contributed by atoms with Gasteiger partial charge in [-0.05, 0) is 26.7 Å². The van der Waals surface area contributed by atoms with Crippen LogP contribution in [0.5, 0.6) is 0 Å². The van der Waals surface area contributed by atoms with Gasteiger partial charge in [0, 0.05) is 11.1 Å². The van der Waals surface area contributed by atoms with Gasteiger partial charge in [0.05, 0.1) is 0 Å². The third-order valence-electron chi connectivity index (χ3n) is 1.97. The zero-order valence-corrected chi connectivity index (χ0v) is 10.5. The summed E-state index contributed by atoms with van der Waals surface area (Å²) in [6.45, 7) is 7.37. The number of amides is 2.